The van der Waals surface area contributed by atoms with Crippen molar-refractivity contribution in [2.75, 3.05) is 5.88 Å². The molecule has 0 aliphatic rings. The van der Waals surface area contributed by atoms with Crippen molar-refractivity contribution in [2.45, 2.75) is 19.3 Å². The molecule has 1 nitrogen and oxygen atoms in total. The number of carbonyl (C=O) groups excluding carboxylic acids is 1. The first-order chi connectivity index (χ1) is 7.74. The Balaban J connectivity index is 2.52. The molecule has 0 aromatic heterocycles. The van der Waals surface area contributed by atoms with Crippen LogP contribution in [0, 0.1) is 0 Å². The van der Waals surface area contributed by atoms with Gasteiger partial charge in [-0.1, -0.05) is 41.9 Å². The van der Waals surface area contributed by atoms with Gasteiger partial charge in [-0.2, -0.15) is 0 Å². The van der Waals surface area contributed by atoms with E-state index in [9.17, 15) is 4.79 Å². The molecule has 0 aliphatic heterocycles. The molecule has 1 aromatic rings. The van der Waals surface area contributed by atoms with E-state index in [0.717, 1.165) is 12.8 Å². The highest BCUT2D eigenvalue weighted by atomic mass is 35.5. The van der Waals surface area contributed by atoms with Crippen LogP contribution in [-0.4, -0.2) is 11.7 Å². The van der Waals surface area contributed by atoms with Crippen molar-refractivity contribution < 1.29 is 4.79 Å². The fourth-order valence-corrected chi connectivity index (χ4v) is 1.71. The van der Waals surface area contributed by atoms with Crippen LogP contribution >= 0.6 is 23.2 Å². The molecule has 0 bridgehead atoms. The highest BCUT2D eigenvalue weighted by molar-refractivity contribution is 6.31. The van der Waals surface area contributed by atoms with Crippen molar-refractivity contribution in [3.8, 4) is 0 Å². The molecule has 0 atom stereocenters. The summed E-state index contributed by atoms with van der Waals surface area (Å²) in [5.41, 5.74) is 0.665. The molecule has 1 rings (SSSR count). The molecule has 0 N–H and O–H groups in total. The Bertz CT molecular complexity index is 357. The normalized spacial score (nSPS) is 11.5. The molecule has 1 aromatic carbocycles. The Labute approximate surface area is 106 Å². The van der Waals surface area contributed by atoms with Crippen molar-refractivity contribution in [1.29, 1.82) is 0 Å². The summed E-state index contributed by atoms with van der Waals surface area (Å²) in [6, 6.07) is 9.11. The van der Waals surface area contributed by atoms with Gasteiger partial charge in [0, 0.05) is 22.6 Å². The van der Waals surface area contributed by atoms with Gasteiger partial charge in [0.15, 0.2) is 5.78 Å². The zero-order valence-electron chi connectivity index (χ0n) is 8.96. The number of ketones is 1. The molecule has 86 valence electrons. The van der Waals surface area contributed by atoms with Gasteiger partial charge in [0.1, 0.15) is 0 Å². The minimum Gasteiger partial charge on any atom is -0.289 e. The molecule has 0 spiro atoms. The van der Waals surface area contributed by atoms with Gasteiger partial charge in [0.05, 0.1) is 0 Å². The standard InChI is InChI=1S/C13H14Cl2O/c14-9-5-4-8-12(15)10-13(16)11-6-2-1-3-7-11/h1-3,6-7,10H,4-5,8-9H2/b12-10+. The fraction of sp³-hybridized carbons (Fsp3) is 0.308. The highest BCUT2D eigenvalue weighted by Crippen LogP contribution is 2.14. The minimum atomic E-state index is -0.0449. The van der Waals surface area contributed by atoms with E-state index in [-0.39, 0.29) is 5.78 Å². The summed E-state index contributed by atoms with van der Waals surface area (Å²) >= 11 is 11.5. The van der Waals surface area contributed by atoms with Crippen LogP contribution in [0.1, 0.15) is 29.6 Å². The van der Waals surface area contributed by atoms with Gasteiger partial charge >= 0.3 is 0 Å². The third kappa shape index (κ3) is 4.82. The number of rotatable bonds is 6. The van der Waals surface area contributed by atoms with E-state index in [1.165, 1.54) is 6.08 Å². The van der Waals surface area contributed by atoms with Crippen LogP contribution in [-0.2, 0) is 0 Å². The second-order valence-electron chi connectivity index (χ2n) is 3.47. The summed E-state index contributed by atoms with van der Waals surface area (Å²) in [6.45, 7) is 0. The Morgan fingerprint density at radius 1 is 1.19 bits per heavy atom. The average Bonchev–Trinajstić information content (AvgIpc) is 2.30. The summed E-state index contributed by atoms with van der Waals surface area (Å²) < 4.78 is 0. The van der Waals surface area contributed by atoms with Gasteiger partial charge in [-0.25, -0.2) is 0 Å². The van der Waals surface area contributed by atoms with E-state index in [0.29, 0.717) is 22.9 Å². The molecular formula is C13H14Cl2O. The number of hydrogen-bond donors (Lipinski definition) is 0. The van der Waals surface area contributed by atoms with E-state index >= 15 is 0 Å². The van der Waals surface area contributed by atoms with Crippen LogP contribution in [0.2, 0.25) is 0 Å². The van der Waals surface area contributed by atoms with Gasteiger partial charge in [0.25, 0.3) is 0 Å². The summed E-state index contributed by atoms with van der Waals surface area (Å²) in [5, 5.41) is 0.596. The predicted octanol–water partition coefficient (Wildman–Crippen LogP) is 4.40. The van der Waals surface area contributed by atoms with Crippen molar-refractivity contribution >= 4 is 29.0 Å². The molecule has 0 saturated heterocycles. The molecule has 0 heterocycles. The van der Waals surface area contributed by atoms with Gasteiger partial charge in [-0.15, -0.1) is 11.6 Å². The highest BCUT2D eigenvalue weighted by Gasteiger charge is 2.02. The largest absolute Gasteiger partial charge is 0.289 e. The number of alkyl halides is 1. The van der Waals surface area contributed by atoms with Gasteiger partial charge < -0.3 is 0 Å². The third-order valence-corrected chi connectivity index (χ3v) is 2.71. The zero-order valence-corrected chi connectivity index (χ0v) is 10.5. The first-order valence-electron chi connectivity index (χ1n) is 5.25. The molecule has 0 fully saturated rings. The quantitative estimate of drug-likeness (QED) is 0.319. The lowest BCUT2D eigenvalue weighted by Gasteiger charge is -1.98. The number of carbonyl (C=O) groups is 1. The first kappa shape index (κ1) is 13.3. The molecule has 0 radical (unpaired) electrons. The Kier molecular flexibility index (Phi) is 6.20. The lowest BCUT2D eigenvalue weighted by atomic mass is 10.1. The number of halogens is 2. The summed E-state index contributed by atoms with van der Waals surface area (Å²) in [7, 11) is 0. The van der Waals surface area contributed by atoms with E-state index < -0.39 is 0 Å². The lowest BCUT2D eigenvalue weighted by molar-refractivity contribution is 0.104. The number of allylic oxidation sites excluding steroid dienone is 2. The van der Waals surface area contributed by atoms with Crippen LogP contribution in [0.15, 0.2) is 41.4 Å². The number of unbranched alkanes of at least 4 members (excludes halogenated alkanes) is 1. The molecular weight excluding hydrogens is 243 g/mol. The lowest BCUT2D eigenvalue weighted by Crippen LogP contribution is -1.94. The van der Waals surface area contributed by atoms with Crippen molar-refractivity contribution in [3.05, 3.63) is 47.0 Å². The molecule has 16 heavy (non-hydrogen) atoms. The molecule has 0 amide bonds. The van der Waals surface area contributed by atoms with Crippen LogP contribution in [0.25, 0.3) is 0 Å². The Morgan fingerprint density at radius 2 is 1.88 bits per heavy atom. The van der Waals surface area contributed by atoms with Crippen LogP contribution in [0.4, 0.5) is 0 Å². The Hall–Kier alpha value is -0.790. The van der Waals surface area contributed by atoms with Crippen LogP contribution in [0.5, 0.6) is 0 Å². The van der Waals surface area contributed by atoms with Gasteiger partial charge in [-0.05, 0) is 19.3 Å². The first-order valence-corrected chi connectivity index (χ1v) is 6.16. The topological polar surface area (TPSA) is 17.1 Å². The minimum absolute atomic E-state index is 0.0449. The maximum Gasteiger partial charge on any atom is 0.186 e. The summed E-state index contributed by atoms with van der Waals surface area (Å²) in [5.74, 6) is 0.591. The maximum absolute atomic E-state index is 11.7. The second kappa shape index (κ2) is 7.48. The average molecular weight is 257 g/mol. The molecule has 0 aliphatic carbocycles. The van der Waals surface area contributed by atoms with Gasteiger partial charge in [0.2, 0.25) is 0 Å². The van der Waals surface area contributed by atoms with E-state index in [1.807, 2.05) is 18.2 Å². The van der Waals surface area contributed by atoms with Crippen molar-refractivity contribution in [1.82, 2.24) is 0 Å². The molecule has 3 heteroatoms. The second-order valence-corrected chi connectivity index (χ2v) is 4.33. The smallest absolute Gasteiger partial charge is 0.186 e. The molecule has 0 saturated carbocycles. The SMILES string of the molecule is O=C(/C=C(/Cl)CCCCCl)c1ccccc1. The number of benzene rings is 1. The third-order valence-electron chi connectivity index (χ3n) is 2.15. The monoisotopic (exact) mass is 256 g/mol. The van der Waals surface area contributed by atoms with Gasteiger partial charge in [-0.3, -0.25) is 4.79 Å². The maximum atomic E-state index is 11.7. The fourth-order valence-electron chi connectivity index (χ4n) is 1.29. The zero-order chi connectivity index (χ0) is 11.8. The van der Waals surface area contributed by atoms with E-state index in [4.69, 9.17) is 23.2 Å². The predicted molar refractivity (Wildman–Crippen MR) is 69.3 cm³/mol. The number of hydrogen-bond acceptors (Lipinski definition) is 1. The Morgan fingerprint density at radius 3 is 2.50 bits per heavy atom. The van der Waals surface area contributed by atoms with Crippen LogP contribution in [0.3, 0.4) is 0 Å². The summed E-state index contributed by atoms with van der Waals surface area (Å²) in [6.07, 6.45) is 4.05. The summed E-state index contributed by atoms with van der Waals surface area (Å²) in [4.78, 5) is 11.7. The van der Waals surface area contributed by atoms with Crippen molar-refractivity contribution in [2.24, 2.45) is 0 Å². The molecule has 0 unspecified atom stereocenters. The van der Waals surface area contributed by atoms with E-state index in [2.05, 4.69) is 0 Å². The van der Waals surface area contributed by atoms with Crippen LogP contribution < -0.4 is 0 Å². The van der Waals surface area contributed by atoms with Crippen molar-refractivity contribution in [3.63, 3.8) is 0 Å². The van der Waals surface area contributed by atoms with E-state index in [1.54, 1.807) is 12.1 Å².